The van der Waals surface area contributed by atoms with E-state index in [1.165, 1.54) is 32.1 Å². The molecule has 0 amide bonds. The number of carbonyl (C=O) groups is 1. The molecule has 0 N–H and O–H groups in total. The number of rotatable bonds is 10. The molecule has 0 heterocycles. The van der Waals surface area contributed by atoms with Gasteiger partial charge in [0.25, 0.3) is 0 Å². The molecule has 0 saturated carbocycles. The Morgan fingerprint density at radius 2 is 1.50 bits per heavy atom. The van der Waals surface area contributed by atoms with Gasteiger partial charge in [-0.3, -0.25) is 0 Å². The van der Waals surface area contributed by atoms with Gasteiger partial charge in [0, 0.05) is 0 Å². The van der Waals surface area contributed by atoms with E-state index in [-0.39, 0.29) is 0 Å². The molecule has 0 spiro atoms. The van der Waals surface area contributed by atoms with Gasteiger partial charge in [-0.25, -0.2) is 4.79 Å². The maximum atomic E-state index is 11.3. The van der Waals surface area contributed by atoms with Crippen LogP contribution in [0.4, 0.5) is 4.79 Å². The van der Waals surface area contributed by atoms with Crippen molar-refractivity contribution < 1.29 is 14.3 Å². The van der Waals surface area contributed by atoms with E-state index >= 15 is 0 Å². The van der Waals surface area contributed by atoms with Gasteiger partial charge in [0.15, 0.2) is 0 Å². The fraction of sp³-hybridized carbons (Fsp3) is 0.933. The summed E-state index contributed by atoms with van der Waals surface area (Å²) in [5, 5.41) is 0. The second kappa shape index (κ2) is 10.2. The second-order valence-electron chi connectivity index (χ2n) is 5.44. The Morgan fingerprint density at radius 1 is 0.944 bits per heavy atom. The van der Waals surface area contributed by atoms with Gasteiger partial charge in [0.2, 0.25) is 0 Å². The van der Waals surface area contributed by atoms with Gasteiger partial charge < -0.3 is 9.47 Å². The zero-order valence-corrected chi connectivity index (χ0v) is 12.6. The van der Waals surface area contributed by atoms with Crippen molar-refractivity contribution in [3.63, 3.8) is 0 Å². The van der Waals surface area contributed by atoms with Crippen molar-refractivity contribution in [1.29, 1.82) is 0 Å². The molecule has 3 heteroatoms. The third-order valence-corrected chi connectivity index (χ3v) is 3.18. The molecule has 0 fully saturated rings. The van der Waals surface area contributed by atoms with Gasteiger partial charge in [0.1, 0.15) is 5.60 Å². The molecule has 0 radical (unpaired) electrons. The first-order chi connectivity index (χ1) is 8.52. The third kappa shape index (κ3) is 10.4. The predicted molar refractivity (Wildman–Crippen MR) is 74.8 cm³/mol. The summed E-state index contributed by atoms with van der Waals surface area (Å²) in [6.45, 7) is 8.47. The lowest BCUT2D eigenvalue weighted by molar-refractivity contribution is -0.0185. The second-order valence-corrected chi connectivity index (χ2v) is 5.44. The maximum Gasteiger partial charge on any atom is 0.508 e. The van der Waals surface area contributed by atoms with Crippen LogP contribution in [-0.2, 0) is 9.47 Å². The minimum Gasteiger partial charge on any atom is -0.434 e. The van der Waals surface area contributed by atoms with Gasteiger partial charge in [-0.05, 0) is 26.7 Å². The van der Waals surface area contributed by atoms with E-state index in [9.17, 15) is 4.79 Å². The van der Waals surface area contributed by atoms with E-state index in [2.05, 4.69) is 6.92 Å². The molecule has 108 valence electrons. The Morgan fingerprint density at radius 3 is 2.06 bits per heavy atom. The fourth-order valence-corrected chi connectivity index (χ4v) is 1.54. The van der Waals surface area contributed by atoms with Gasteiger partial charge in [-0.15, -0.1) is 0 Å². The SMILES string of the molecule is CCCCCCCCCOC(=O)OC(C)(C)CC. The first-order valence-corrected chi connectivity index (χ1v) is 7.37. The van der Waals surface area contributed by atoms with Crippen molar-refractivity contribution >= 4 is 6.16 Å². The van der Waals surface area contributed by atoms with Gasteiger partial charge in [-0.2, -0.15) is 0 Å². The molecule has 3 nitrogen and oxygen atoms in total. The Kier molecular flexibility index (Phi) is 9.80. The first kappa shape index (κ1) is 17.3. The Bertz CT molecular complexity index is 212. The molecule has 18 heavy (non-hydrogen) atoms. The number of carbonyl (C=O) groups excluding carboxylic acids is 1. The van der Waals surface area contributed by atoms with Crippen LogP contribution in [-0.4, -0.2) is 18.4 Å². The minimum atomic E-state index is -0.534. The highest BCUT2D eigenvalue weighted by atomic mass is 16.7. The van der Waals surface area contributed by atoms with Crippen LogP contribution in [0.2, 0.25) is 0 Å². The van der Waals surface area contributed by atoms with Crippen LogP contribution in [0.15, 0.2) is 0 Å². The van der Waals surface area contributed by atoms with E-state index < -0.39 is 11.8 Å². The molecule has 0 aromatic carbocycles. The summed E-state index contributed by atoms with van der Waals surface area (Å²) >= 11 is 0. The Hall–Kier alpha value is -0.730. The number of hydrogen-bond donors (Lipinski definition) is 0. The Balaban J connectivity index is 3.36. The topological polar surface area (TPSA) is 35.5 Å². The molecule has 0 atom stereocenters. The smallest absolute Gasteiger partial charge is 0.434 e. The molecule has 0 saturated heterocycles. The zero-order chi connectivity index (χ0) is 13.9. The van der Waals surface area contributed by atoms with Crippen LogP contribution in [0.1, 0.15) is 79.1 Å². The highest BCUT2D eigenvalue weighted by Crippen LogP contribution is 2.14. The lowest BCUT2D eigenvalue weighted by Gasteiger charge is -2.22. The predicted octanol–water partition coefficient (Wildman–Crippen LogP) is 5.08. The molecule has 0 unspecified atom stereocenters. The molecule has 0 bridgehead atoms. The van der Waals surface area contributed by atoms with E-state index in [0.29, 0.717) is 6.61 Å². The average molecular weight is 258 g/mol. The monoisotopic (exact) mass is 258 g/mol. The first-order valence-electron chi connectivity index (χ1n) is 7.37. The quantitative estimate of drug-likeness (QED) is 0.405. The van der Waals surface area contributed by atoms with Crippen LogP contribution in [0.3, 0.4) is 0 Å². The van der Waals surface area contributed by atoms with Crippen LogP contribution < -0.4 is 0 Å². The summed E-state index contributed by atoms with van der Waals surface area (Å²) in [5.74, 6) is 0. The van der Waals surface area contributed by atoms with E-state index in [1.54, 1.807) is 0 Å². The summed E-state index contributed by atoms with van der Waals surface area (Å²) in [4.78, 5) is 11.3. The molecule has 0 aliphatic rings. The van der Waals surface area contributed by atoms with Gasteiger partial charge in [0.05, 0.1) is 6.61 Å². The van der Waals surface area contributed by atoms with Crippen molar-refractivity contribution in [1.82, 2.24) is 0 Å². The summed E-state index contributed by atoms with van der Waals surface area (Å²) in [6, 6.07) is 0. The van der Waals surface area contributed by atoms with Gasteiger partial charge >= 0.3 is 6.16 Å². The minimum absolute atomic E-state index is 0.419. The molecule has 0 aromatic heterocycles. The lowest BCUT2D eigenvalue weighted by Crippen LogP contribution is -2.27. The zero-order valence-electron chi connectivity index (χ0n) is 12.6. The molecule has 0 aliphatic heterocycles. The maximum absolute atomic E-state index is 11.3. The summed E-state index contributed by atoms with van der Waals surface area (Å²) in [6.07, 6.45) is 8.79. The number of unbranched alkanes of at least 4 members (excludes halogenated alkanes) is 6. The Labute approximate surface area is 112 Å². The third-order valence-electron chi connectivity index (χ3n) is 3.18. The van der Waals surface area contributed by atoms with E-state index in [1.807, 2.05) is 20.8 Å². The molecule has 0 aromatic rings. The van der Waals surface area contributed by atoms with Crippen molar-refractivity contribution in [2.75, 3.05) is 6.61 Å². The molecule has 0 rings (SSSR count). The summed E-state index contributed by atoms with van der Waals surface area (Å²) in [5.41, 5.74) is -0.419. The van der Waals surface area contributed by atoms with Crippen LogP contribution in [0, 0.1) is 0 Å². The number of hydrogen-bond acceptors (Lipinski definition) is 3. The average Bonchev–Trinajstić information content (AvgIpc) is 2.32. The van der Waals surface area contributed by atoms with Gasteiger partial charge in [-0.1, -0.05) is 52.4 Å². The lowest BCUT2D eigenvalue weighted by atomic mass is 10.1. The summed E-state index contributed by atoms with van der Waals surface area (Å²) in [7, 11) is 0. The number of ether oxygens (including phenoxy) is 2. The molecular formula is C15H30O3. The van der Waals surface area contributed by atoms with Crippen LogP contribution in [0.25, 0.3) is 0 Å². The van der Waals surface area contributed by atoms with E-state index in [4.69, 9.17) is 9.47 Å². The molecular weight excluding hydrogens is 228 g/mol. The van der Waals surface area contributed by atoms with Crippen LogP contribution in [0.5, 0.6) is 0 Å². The summed E-state index contributed by atoms with van der Waals surface area (Å²) < 4.78 is 10.2. The van der Waals surface area contributed by atoms with E-state index in [0.717, 1.165) is 19.3 Å². The largest absolute Gasteiger partial charge is 0.508 e. The normalized spacial score (nSPS) is 11.3. The van der Waals surface area contributed by atoms with Crippen molar-refractivity contribution in [2.45, 2.75) is 84.7 Å². The highest BCUT2D eigenvalue weighted by molar-refractivity contribution is 5.60. The molecule has 0 aliphatic carbocycles. The standard InChI is InChI=1S/C15H30O3/c1-5-7-8-9-10-11-12-13-17-14(16)18-15(3,4)6-2/h5-13H2,1-4H3. The van der Waals surface area contributed by atoms with Crippen molar-refractivity contribution in [2.24, 2.45) is 0 Å². The fourth-order valence-electron chi connectivity index (χ4n) is 1.54. The highest BCUT2D eigenvalue weighted by Gasteiger charge is 2.21. The van der Waals surface area contributed by atoms with Crippen molar-refractivity contribution in [3.8, 4) is 0 Å². The van der Waals surface area contributed by atoms with Crippen LogP contribution >= 0.6 is 0 Å². The van der Waals surface area contributed by atoms with Crippen molar-refractivity contribution in [3.05, 3.63) is 0 Å².